The highest BCUT2D eigenvalue weighted by atomic mass is 32.2. The van der Waals surface area contributed by atoms with E-state index in [1.54, 1.807) is 6.33 Å². The number of aryl methyl sites for hydroxylation is 1. The van der Waals surface area contributed by atoms with Gasteiger partial charge >= 0.3 is 0 Å². The van der Waals surface area contributed by atoms with Crippen LogP contribution in [0.15, 0.2) is 30.6 Å². The second-order valence-electron chi connectivity index (χ2n) is 8.11. The molecule has 1 spiro atoms. The molecule has 0 aliphatic carbocycles. The molecule has 2 fully saturated rings. The molecule has 0 bridgehead atoms. The number of hydrogen-bond donors (Lipinski definition) is 2. The molecule has 1 amide bonds. The molecule has 1 unspecified atom stereocenters. The minimum absolute atomic E-state index is 0.0615. The Morgan fingerprint density at radius 1 is 1.21 bits per heavy atom. The van der Waals surface area contributed by atoms with E-state index >= 15 is 0 Å². The molecule has 7 nitrogen and oxygen atoms in total. The summed E-state index contributed by atoms with van der Waals surface area (Å²) in [5, 5.41) is 6.27. The first-order valence-electron chi connectivity index (χ1n) is 9.63. The third kappa shape index (κ3) is 3.71. The molecule has 2 N–H and O–H groups in total. The quantitative estimate of drug-likeness (QED) is 0.819. The molecule has 150 valence electrons. The lowest BCUT2D eigenvalue weighted by atomic mass is 9.80. The van der Waals surface area contributed by atoms with Crippen molar-refractivity contribution in [2.75, 3.05) is 23.4 Å². The molecule has 3 heterocycles. The van der Waals surface area contributed by atoms with Gasteiger partial charge in [0, 0.05) is 23.6 Å². The molecular formula is C20H26N4O3S. The first kappa shape index (κ1) is 19.1. The second-order valence-corrected chi connectivity index (χ2v) is 10.4. The van der Waals surface area contributed by atoms with E-state index in [9.17, 15) is 13.2 Å². The number of rotatable bonds is 3. The van der Waals surface area contributed by atoms with Crippen molar-refractivity contribution in [3.05, 3.63) is 42.0 Å². The first-order chi connectivity index (χ1) is 13.3. The SMILES string of the molecule is Cc1ncn(-c2ccc(NC(=O)C3CC4(CCS(=O)(=O)CC4)CN3)cc2)c1C. The largest absolute Gasteiger partial charge is 0.325 e. The van der Waals surface area contributed by atoms with E-state index in [1.165, 1.54) is 0 Å². The smallest absolute Gasteiger partial charge is 0.241 e. The van der Waals surface area contributed by atoms with Gasteiger partial charge in [0.1, 0.15) is 9.84 Å². The van der Waals surface area contributed by atoms with Crippen molar-refractivity contribution >= 4 is 21.4 Å². The van der Waals surface area contributed by atoms with Gasteiger partial charge in [0.2, 0.25) is 5.91 Å². The lowest BCUT2D eigenvalue weighted by molar-refractivity contribution is -0.118. The number of aromatic nitrogens is 2. The molecule has 4 rings (SSSR count). The fourth-order valence-corrected chi connectivity index (χ4v) is 5.84. The number of carbonyl (C=O) groups is 1. The Balaban J connectivity index is 1.38. The van der Waals surface area contributed by atoms with Gasteiger partial charge in [-0.1, -0.05) is 0 Å². The number of hydrogen-bond acceptors (Lipinski definition) is 5. The van der Waals surface area contributed by atoms with Crippen LogP contribution >= 0.6 is 0 Å². The van der Waals surface area contributed by atoms with Crippen LogP contribution in [-0.4, -0.2) is 48.0 Å². The molecular weight excluding hydrogens is 376 g/mol. The van der Waals surface area contributed by atoms with Crippen LogP contribution in [-0.2, 0) is 14.6 Å². The Morgan fingerprint density at radius 3 is 2.50 bits per heavy atom. The molecule has 2 aliphatic heterocycles. The van der Waals surface area contributed by atoms with Crippen molar-refractivity contribution in [3.63, 3.8) is 0 Å². The summed E-state index contributed by atoms with van der Waals surface area (Å²) in [6, 6.07) is 7.41. The summed E-state index contributed by atoms with van der Waals surface area (Å²) in [5.74, 6) is 0.405. The molecule has 1 atom stereocenters. The van der Waals surface area contributed by atoms with E-state index in [-0.39, 0.29) is 28.9 Å². The lowest BCUT2D eigenvalue weighted by Crippen LogP contribution is -2.35. The van der Waals surface area contributed by atoms with Gasteiger partial charge < -0.3 is 15.2 Å². The van der Waals surface area contributed by atoms with Crippen molar-refractivity contribution in [1.82, 2.24) is 14.9 Å². The topological polar surface area (TPSA) is 93.1 Å². The maximum absolute atomic E-state index is 12.7. The van der Waals surface area contributed by atoms with E-state index in [2.05, 4.69) is 15.6 Å². The van der Waals surface area contributed by atoms with Crippen molar-refractivity contribution in [1.29, 1.82) is 0 Å². The van der Waals surface area contributed by atoms with Crippen LogP contribution in [0.1, 0.15) is 30.7 Å². The van der Waals surface area contributed by atoms with Gasteiger partial charge in [0.05, 0.1) is 29.6 Å². The van der Waals surface area contributed by atoms with Crippen LogP contribution in [0.5, 0.6) is 0 Å². The van der Waals surface area contributed by atoms with Crippen LogP contribution in [0.25, 0.3) is 5.69 Å². The van der Waals surface area contributed by atoms with Gasteiger partial charge in [-0.3, -0.25) is 4.79 Å². The average Bonchev–Trinajstić information content (AvgIpc) is 3.24. The minimum atomic E-state index is -2.90. The van der Waals surface area contributed by atoms with Crippen LogP contribution in [0.3, 0.4) is 0 Å². The van der Waals surface area contributed by atoms with Crippen molar-refractivity contribution in [2.24, 2.45) is 5.41 Å². The maximum atomic E-state index is 12.7. The molecule has 28 heavy (non-hydrogen) atoms. The zero-order valence-corrected chi connectivity index (χ0v) is 17.1. The summed E-state index contributed by atoms with van der Waals surface area (Å²) >= 11 is 0. The zero-order chi connectivity index (χ0) is 19.9. The highest BCUT2D eigenvalue weighted by Crippen LogP contribution is 2.40. The predicted octanol–water partition coefficient (Wildman–Crippen LogP) is 1.98. The van der Waals surface area contributed by atoms with E-state index in [4.69, 9.17) is 0 Å². The summed E-state index contributed by atoms with van der Waals surface area (Å²) in [5.41, 5.74) is 3.77. The van der Waals surface area contributed by atoms with Crippen LogP contribution in [0.4, 0.5) is 5.69 Å². The highest BCUT2D eigenvalue weighted by Gasteiger charge is 2.44. The van der Waals surface area contributed by atoms with Gasteiger partial charge in [0.15, 0.2) is 0 Å². The molecule has 0 saturated carbocycles. The number of amides is 1. The summed E-state index contributed by atoms with van der Waals surface area (Å²) < 4.78 is 25.4. The Labute approximate surface area is 165 Å². The Morgan fingerprint density at radius 2 is 1.89 bits per heavy atom. The molecule has 2 aliphatic rings. The monoisotopic (exact) mass is 402 g/mol. The summed E-state index contributed by atoms with van der Waals surface area (Å²) in [7, 11) is -2.90. The van der Waals surface area contributed by atoms with Gasteiger partial charge in [-0.25, -0.2) is 13.4 Å². The standard InChI is InChI=1S/C20H26N4O3S/c1-14-15(2)24(13-22-14)17-5-3-16(4-6-17)23-19(25)18-11-20(12-21-18)7-9-28(26,27)10-8-20/h3-6,13,18,21H,7-12H2,1-2H3,(H,23,25). The number of nitrogens with zero attached hydrogens (tertiary/aromatic N) is 2. The predicted molar refractivity (Wildman–Crippen MR) is 108 cm³/mol. The number of anilines is 1. The van der Waals surface area contributed by atoms with Gasteiger partial charge in [0.25, 0.3) is 0 Å². The van der Waals surface area contributed by atoms with E-state index in [0.29, 0.717) is 25.8 Å². The van der Waals surface area contributed by atoms with E-state index in [0.717, 1.165) is 22.8 Å². The van der Waals surface area contributed by atoms with Gasteiger partial charge in [-0.15, -0.1) is 0 Å². The number of sulfone groups is 1. The van der Waals surface area contributed by atoms with Crippen molar-refractivity contribution in [3.8, 4) is 5.69 Å². The zero-order valence-electron chi connectivity index (χ0n) is 16.2. The number of nitrogens with one attached hydrogen (secondary N) is 2. The highest BCUT2D eigenvalue weighted by molar-refractivity contribution is 7.91. The normalized spacial score (nSPS) is 23.0. The second kappa shape index (κ2) is 7.00. The van der Waals surface area contributed by atoms with Crippen LogP contribution in [0.2, 0.25) is 0 Å². The van der Waals surface area contributed by atoms with Gasteiger partial charge in [-0.05, 0) is 62.8 Å². The summed E-state index contributed by atoms with van der Waals surface area (Å²) in [6.45, 7) is 4.71. The molecule has 0 radical (unpaired) electrons. The van der Waals surface area contributed by atoms with Crippen LogP contribution < -0.4 is 10.6 Å². The summed E-state index contributed by atoms with van der Waals surface area (Å²) in [4.78, 5) is 17.0. The van der Waals surface area contributed by atoms with Crippen molar-refractivity contribution < 1.29 is 13.2 Å². The number of imidazole rings is 1. The Kier molecular flexibility index (Phi) is 4.79. The van der Waals surface area contributed by atoms with Crippen molar-refractivity contribution in [2.45, 2.75) is 39.2 Å². The maximum Gasteiger partial charge on any atom is 0.241 e. The minimum Gasteiger partial charge on any atom is -0.325 e. The fourth-order valence-electron chi connectivity index (χ4n) is 4.15. The lowest BCUT2D eigenvalue weighted by Gasteiger charge is -2.32. The molecule has 8 heteroatoms. The number of benzene rings is 1. The molecule has 1 aromatic carbocycles. The van der Waals surface area contributed by atoms with Gasteiger partial charge in [-0.2, -0.15) is 0 Å². The van der Waals surface area contributed by atoms with E-state index in [1.807, 2.05) is 42.7 Å². The third-order valence-corrected chi connectivity index (χ3v) is 7.88. The average molecular weight is 403 g/mol. The third-order valence-electron chi connectivity index (χ3n) is 6.23. The van der Waals surface area contributed by atoms with Crippen LogP contribution in [0, 0.1) is 19.3 Å². The first-order valence-corrected chi connectivity index (χ1v) is 11.4. The molecule has 2 aromatic rings. The summed E-state index contributed by atoms with van der Waals surface area (Å²) in [6.07, 6.45) is 3.78. The van der Waals surface area contributed by atoms with E-state index < -0.39 is 9.84 Å². The fraction of sp³-hybridized carbons (Fsp3) is 0.500. The Bertz CT molecular complexity index is 981. The molecule has 1 aromatic heterocycles. The number of carbonyl (C=O) groups excluding carboxylic acids is 1. The molecule has 2 saturated heterocycles. The Hall–Kier alpha value is -2.19.